The van der Waals surface area contributed by atoms with E-state index in [9.17, 15) is 4.79 Å². The number of hydrogen-bond donors (Lipinski definition) is 2. The minimum absolute atomic E-state index is 0.0187. The molecule has 1 aliphatic rings. The zero-order chi connectivity index (χ0) is 13.2. The molecule has 98 valence electrons. The molecule has 1 aromatic carbocycles. The maximum absolute atomic E-state index is 12.0. The van der Waals surface area contributed by atoms with Crippen LogP contribution in [0.5, 0.6) is 0 Å². The lowest BCUT2D eigenvalue weighted by atomic mass is 9.89. The lowest BCUT2D eigenvalue weighted by Gasteiger charge is -2.23. The molecular formula is C15H22N2O. The van der Waals surface area contributed by atoms with Crippen LogP contribution in [-0.4, -0.2) is 12.5 Å². The van der Waals surface area contributed by atoms with Crippen molar-refractivity contribution >= 4 is 11.6 Å². The van der Waals surface area contributed by atoms with E-state index in [0.717, 1.165) is 12.1 Å². The number of carbonyl (C=O) groups excluding carboxylic acids is 1. The molecule has 0 unspecified atom stereocenters. The SMILES string of the molecule is Cc1ccc(C(=O)NCC2(C)CCCC2)cc1N. The highest BCUT2D eigenvalue weighted by atomic mass is 16.1. The second kappa shape index (κ2) is 5.01. The van der Waals surface area contributed by atoms with Gasteiger partial charge in [-0.15, -0.1) is 0 Å². The average Bonchev–Trinajstić information content (AvgIpc) is 2.77. The van der Waals surface area contributed by atoms with E-state index < -0.39 is 0 Å². The molecule has 2 rings (SSSR count). The fourth-order valence-electron chi connectivity index (χ4n) is 2.58. The van der Waals surface area contributed by atoms with E-state index in [-0.39, 0.29) is 11.3 Å². The number of benzene rings is 1. The van der Waals surface area contributed by atoms with Crippen molar-refractivity contribution in [3.8, 4) is 0 Å². The van der Waals surface area contributed by atoms with Crippen molar-refractivity contribution in [2.45, 2.75) is 39.5 Å². The van der Waals surface area contributed by atoms with Gasteiger partial charge in [0.2, 0.25) is 0 Å². The monoisotopic (exact) mass is 246 g/mol. The van der Waals surface area contributed by atoms with Gasteiger partial charge in [-0.3, -0.25) is 4.79 Å². The van der Waals surface area contributed by atoms with E-state index in [1.807, 2.05) is 19.1 Å². The Morgan fingerprint density at radius 1 is 1.39 bits per heavy atom. The summed E-state index contributed by atoms with van der Waals surface area (Å²) in [5.41, 5.74) is 8.44. The van der Waals surface area contributed by atoms with Gasteiger partial charge in [-0.05, 0) is 42.9 Å². The van der Waals surface area contributed by atoms with Gasteiger partial charge < -0.3 is 11.1 Å². The van der Waals surface area contributed by atoms with Crippen molar-refractivity contribution in [2.75, 3.05) is 12.3 Å². The molecule has 3 nitrogen and oxygen atoms in total. The Labute approximate surface area is 109 Å². The van der Waals surface area contributed by atoms with E-state index in [4.69, 9.17) is 5.73 Å². The van der Waals surface area contributed by atoms with Gasteiger partial charge in [-0.25, -0.2) is 0 Å². The second-order valence-electron chi connectivity index (χ2n) is 5.77. The third-order valence-corrected chi connectivity index (χ3v) is 4.03. The molecular weight excluding hydrogens is 224 g/mol. The van der Waals surface area contributed by atoms with Crippen LogP contribution >= 0.6 is 0 Å². The predicted molar refractivity (Wildman–Crippen MR) is 74.5 cm³/mol. The van der Waals surface area contributed by atoms with Crippen molar-refractivity contribution in [2.24, 2.45) is 5.41 Å². The smallest absolute Gasteiger partial charge is 0.251 e. The third kappa shape index (κ3) is 2.84. The largest absolute Gasteiger partial charge is 0.398 e. The van der Waals surface area contributed by atoms with E-state index in [1.165, 1.54) is 25.7 Å². The lowest BCUT2D eigenvalue weighted by Crippen LogP contribution is -2.34. The summed E-state index contributed by atoms with van der Waals surface area (Å²) in [4.78, 5) is 12.0. The number of nitrogens with one attached hydrogen (secondary N) is 1. The third-order valence-electron chi connectivity index (χ3n) is 4.03. The zero-order valence-corrected chi connectivity index (χ0v) is 11.3. The number of anilines is 1. The first kappa shape index (κ1) is 12.9. The zero-order valence-electron chi connectivity index (χ0n) is 11.3. The fraction of sp³-hybridized carbons (Fsp3) is 0.533. The summed E-state index contributed by atoms with van der Waals surface area (Å²) in [5.74, 6) is -0.0187. The molecule has 0 radical (unpaired) electrons. The Bertz CT molecular complexity index is 448. The number of amides is 1. The molecule has 3 N–H and O–H groups in total. The van der Waals surface area contributed by atoms with Crippen LogP contribution in [0.3, 0.4) is 0 Å². The highest BCUT2D eigenvalue weighted by Gasteiger charge is 2.28. The first-order valence-electron chi connectivity index (χ1n) is 6.65. The number of nitrogen functional groups attached to an aromatic ring is 1. The number of nitrogens with two attached hydrogens (primary N) is 1. The molecule has 0 aliphatic heterocycles. The van der Waals surface area contributed by atoms with Gasteiger partial charge in [0.15, 0.2) is 0 Å². The molecule has 1 aromatic rings. The minimum Gasteiger partial charge on any atom is -0.398 e. The Hall–Kier alpha value is -1.51. The van der Waals surface area contributed by atoms with Crippen LogP contribution in [0.4, 0.5) is 5.69 Å². The number of aryl methyl sites for hydroxylation is 1. The Kier molecular flexibility index (Phi) is 3.60. The normalized spacial score (nSPS) is 17.7. The van der Waals surface area contributed by atoms with Crippen molar-refractivity contribution in [1.82, 2.24) is 5.32 Å². The molecule has 3 heteroatoms. The van der Waals surface area contributed by atoms with Gasteiger partial charge in [0.05, 0.1) is 0 Å². The molecule has 0 saturated heterocycles. The van der Waals surface area contributed by atoms with Crippen LogP contribution in [0.25, 0.3) is 0 Å². The van der Waals surface area contributed by atoms with Crippen molar-refractivity contribution in [3.63, 3.8) is 0 Å². The van der Waals surface area contributed by atoms with Gasteiger partial charge in [0, 0.05) is 17.8 Å². The Morgan fingerprint density at radius 3 is 2.67 bits per heavy atom. The van der Waals surface area contributed by atoms with Crippen molar-refractivity contribution < 1.29 is 4.79 Å². The summed E-state index contributed by atoms with van der Waals surface area (Å²) in [6.45, 7) is 4.96. The number of carbonyl (C=O) groups is 1. The van der Waals surface area contributed by atoms with Crippen LogP contribution in [-0.2, 0) is 0 Å². The van der Waals surface area contributed by atoms with Crippen LogP contribution in [0.1, 0.15) is 48.5 Å². The summed E-state index contributed by atoms with van der Waals surface area (Å²) >= 11 is 0. The summed E-state index contributed by atoms with van der Waals surface area (Å²) in [6, 6.07) is 5.47. The average molecular weight is 246 g/mol. The van der Waals surface area contributed by atoms with Crippen molar-refractivity contribution in [1.29, 1.82) is 0 Å². The molecule has 18 heavy (non-hydrogen) atoms. The minimum atomic E-state index is -0.0187. The second-order valence-corrected chi connectivity index (χ2v) is 5.77. The molecule has 1 saturated carbocycles. The van der Waals surface area contributed by atoms with Crippen LogP contribution < -0.4 is 11.1 Å². The van der Waals surface area contributed by atoms with Gasteiger partial charge in [0.25, 0.3) is 5.91 Å². The van der Waals surface area contributed by atoms with E-state index in [2.05, 4.69) is 12.2 Å². The Balaban J connectivity index is 1.97. The topological polar surface area (TPSA) is 55.1 Å². The molecule has 1 fully saturated rings. The first-order chi connectivity index (χ1) is 8.50. The molecule has 1 aliphatic carbocycles. The highest BCUT2D eigenvalue weighted by molar-refractivity contribution is 5.95. The maximum atomic E-state index is 12.0. The standard InChI is InChI=1S/C15H22N2O/c1-11-5-6-12(9-13(11)16)14(18)17-10-15(2)7-3-4-8-15/h5-6,9H,3-4,7-8,10,16H2,1-2H3,(H,17,18). The van der Waals surface area contributed by atoms with Gasteiger partial charge in [-0.1, -0.05) is 25.8 Å². The maximum Gasteiger partial charge on any atom is 0.251 e. The van der Waals surface area contributed by atoms with Crippen LogP contribution in [0.2, 0.25) is 0 Å². The molecule has 0 bridgehead atoms. The van der Waals surface area contributed by atoms with Crippen LogP contribution in [0, 0.1) is 12.3 Å². The number of hydrogen-bond acceptors (Lipinski definition) is 2. The summed E-state index contributed by atoms with van der Waals surface area (Å²) in [7, 11) is 0. The molecule has 0 spiro atoms. The predicted octanol–water partition coefficient (Wildman–Crippen LogP) is 2.89. The first-order valence-corrected chi connectivity index (χ1v) is 6.65. The van der Waals surface area contributed by atoms with Gasteiger partial charge in [0.1, 0.15) is 0 Å². The van der Waals surface area contributed by atoms with E-state index in [1.54, 1.807) is 6.07 Å². The summed E-state index contributed by atoms with van der Waals surface area (Å²) < 4.78 is 0. The van der Waals surface area contributed by atoms with Gasteiger partial charge >= 0.3 is 0 Å². The Morgan fingerprint density at radius 2 is 2.06 bits per heavy atom. The molecule has 0 aromatic heterocycles. The van der Waals surface area contributed by atoms with Gasteiger partial charge in [-0.2, -0.15) is 0 Å². The van der Waals surface area contributed by atoms with Crippen molar-refractivity contribution in [3.05, 3.63) is 29.3 Å². The fourth-order valence-corrected chi connectivity index (χ4v) is 2.58. The lowest BCUT2D eigenvalue weighted by molar-refractivity contribution is 0.0934. The molecule has 0 heterocycles. The summed E-state index contributed by atoms with van der Waals surface area (Å²) in [5, 5.41) is 3.03. The van der Waals surface area contributed by atoms with Crippen LogP contribution in [0.15, 0.2) is 18.2 Å². The van der Waals surface area contributed by atoms with E-state index >= 15 is 0 Å². The molecule has 0 atom stereocenters. The summed E-state index contributed by atoms with van der Waals surface area (Å²) in [6.07, 6.45) is 4.99. The van der Waals surface area contributed by atoms with E-state index in [0.29, 0.717) is 11.3 Å². The number of rotatable bonds is 3. The quantitative estimate of drug-likeness (QED) is 0.806. The highest BCUT2D eigenvalue weighted by Crippen LogP contribution is 2.36. The molecule has 1 amide bonds.